The molecule has 2 aromatic rings. The molecule has 0 bridgehead atoms. The number of pyridine rings is 1. The molecule has 0 radical (unpaired) electrons. The maximum Gasteiger partial charge on any atom is 1.00 e. The van der Waals surface area contributed by atoms with Crippen molar-refractivity contribution >= 4 is 10.9 Å². The Labute approximate surface area is 86.3 Å². The average Bonchev–Trinajstić information content (AvgIpc) is 2.26. The second kappa shape index (κ2) is 4.23. The van der Waals surface area contributed by atoms with Crippen LogP contribution in [0.4, 0.5) is 0 Å². The lowest BCUT2D eigenvalue weighted by Crippen LogP contribution is -1.85. The molecule has 1 heterocycles. The Hall–Kier alpha value is -1.37. The van der Waals surface area contributed by atoms with Crippen LogP contribution in [0.1, 0.15) is 26.8 Å². The van der Waals surface area contributed by atoms with Gasteiger partial charge in [-0.1, -0.05) is 25.5 Å². The maximum absolute atomic E-state index is 4.30. The van der Waals surface area contributed by atoms with Crippen LogP contribution in [0.5, 0.6) is 0 Å². The largest absolute Gasteiger partial charge is 1.00 e. The molecule has 0 amide bonds. The molecule has 0 aliphatic carbocycles. The van der Waals surface area contributed by atoms with Crippen molar-refractivity contribution in [3.63, 3.8) is 0 Å². The second-order valence-electron chi connectivity index (χ2n) is 3.63. The summed E-state index contributed by atoms with van der Waals surface area (Å²) in [5.74, 6) is 0. The van der Waals surface area contributed by atoms with Crippen LogP contribution in [0.3, 0.4) is 0 Å². The van der Waals surface area contributed by atoms with Crippen LogP contribution >= 0.6 is 0 Å². The standard InChI is InChI=1S/C13H15N/c1-2-3-5-11-7-8-13-12(10-11)6-4-9-14-13/h4,6-10H,2-3,5H2,1H3/p+1. The van der Waals surface area contributed by atoms with Crippen LogP contribution in [-0.4, -0.2) is 4.98 Å². The Morgan fingerprint density at radius 2 is 2.21 bits per heavy atom. The quantitative estimate of drug-likeness (QED) is 0.712. The van der Waals surface area contributed by atoms with Gasteiger partial charge in [0.25, 0.3) is 0 Å². The summed E-state index contributed by atoms with van der Waals surface area (Å²) < 4.78 is 0. The summed E-state index contributed by atoms with van der Waals surface area (Å²) in [4.78, 5) is 4.30. The third-order valence-corrected chi connectivity index (χ3v) is 2.49. The van der Waals surface area contributed by atoms with Crippen molar-refractivity contribution in [1.82, 2.24) is 4.98 Å². The van der Waals surface area contributed by atoms with Crippen molar-refractivity contribution in [1.29, 1.82) is 0 Å². The van der Waals surface area contributed by atoms with E-state index in [0.29, 0.717) is 0 Å². The third kappa shape index (κ3) is 1.92. The third-order valence-electron chi connectivity index (χ3n) is 2.49. The number of nitrogens with zero attached hydrogens (tertiary/aromatic N) is 1. The Bertz CT molecular complexity index is 426. The molecule has 0 saturated heterocycles. The molecule has 0 aliphatic heterocycles. The highest BCUT2D eigenvalue weighted by atomic mass is 14.6. The van der Waals surface area contributed by atoms with Crippen LogP contribution in [0.15, 0.2) is 36.5 Å². The number of hydrogen-bond acceptors (Lipinski definition) is 1. The van der Waals surface area contributed by atoms with E-state index in [1.54, 1.807) is 0 Å². The van der Waals surface area contributed by atoms with E-state index in [-0.39, 0.29) is 1.43 Å². The summed E-state index contributed by atoms with van der Waals surface area (Å²) in [7, 11) is 0. The Balaban J connectivity index is 0.00000112. The minimum Gasteiger partial charge on any atom is -0.256 e. The van der Waals surface area contributed by atoms with Crippen molar-refractivity contribution in [3.8, 4) is 0 Å². The van der Waals surface area contributed by atoms with Gasteiger partial charge in [-0.2, -0.15) is 0 Å². The van der Waals surface area contributed by atoms with Gasteiger partial charge in [0.15, 0.2) is 0 Å². The molecule has 1 heteroatoms. The first-order valence-corrected chi connectivity index (χ1v) is 5.24. The van der Waals surface area contributed by atoms with E-state index in [9.17, 15) is 0 Å². The van der Waals surface area contributed by atoms with E-state index in [2.05, 4.69) is 36.2 Å². The first kappa shape index (κ1) is 9.20. The fourth-order valence-electron chi connectivity index (χ4n) is 1.66. The van der Waals surface area contributed by atoms with Gasteiger partial charge in [-0.05, 0) is 36.6 Å². The van der Waals surface area contributed by atoms with Gasteiger partial charge in [-0.25, -0.2) is 0 Å². The molecular formula is C13H16N+. The summed E-state index contributed by atoms with van der Waals surface area (Å²) in [6, 6.07) is 10.7. The van der Waals surface area contributed by atoms with Crippen molar-refractivity contribution in [2.75, 3.05) is 0 Å². The summed E-state index contributed by atoms with van der Waals surface area (Å²) in [6.45, 7) is 2.22. The highest BCUT2D eigenvalue weighted by molar-refractivity contribution is 5.78. The molecule has 2 rings (SSSR count). The summed E-state index contributed by atoms with van der Waals surface area (Å²) in [6.07, 6.45) is 5.55. The summed E-state index contributed by atoms with van der Waals surface area (Å²) in [5.41, 5.74) is 2.51. The first-order valence-electron chi connectivity index (χ1n) is 5.24. The number of aromatic nitrogens is 1. The maximum atomic E-state index is 4.30. The van der Waals surface area contributed by atoms with E-state index in [1.807, 2.05) is 12.3 Å². The van der Waals surface area contributed by atoms with Gasteiger partial charge in [0.2, 0.25) is 0 Å². The number of rotatable bonds is 3. The molecule has 0 fully saturated rings. The predicted molar refractivity (Wildman–Crippen MR) is 61.5 cm³/mol. The topological polar surface area (TPSA) is 12.9 Å². The zero-order chi connectivity index (χ0) is 9.80. The fraction of sp³-hybridized carbons (Fsp3) is 0.308. The zero-order valence-electron chi connectivity index (χ0n) is 9.53. The molecule has 1 aromatic heterocycles. The van der Waals surface area contributed by atoms with Crippen LogP contribution in [0.2, 0.25) is 0 Å². The molecular weight excluding hydrogens is 170 g/mol. The average molecular weight is 186 g/mol. The number of benzene rings is 1. The van der Waals surface area contributed by atoms with E-state index < -0.39 is 0 Å². The monoisotopic (exact) mass is 186 g/mol. The van der Waals surface area contributed by atoms with E-state index >= 15 is 0 Å². The zero-order valence-corrected chi connectivity index (χ0v) is 8.53. The van der Waals surface area contributed by atoms with Gasteiger partial charge in [0.1, 0.15) is 0 Å². The van der Waals surface area contributed by atoms with E-state index in [0.717, 1.165) is 5.52 Å². The minimum atomic E-state index is 0. The van der Waals surface area contributed by atoms with Crippen molar-refractivity contribution < 1.29 is 1.43 Å². The molecule has 0 aliphatic rings. The Morgan fingerprint density at radius 1 is 1.29 bits per heavy atom. The number of hydrogen-bond donors (Lipinski definition) is 0. The smallest absolute Gasteiger partial charge is 0.256 e. The Morgan fingerprint density at radius 3 is 3.07 bits per heavy atom. The predicted octanol–water partition coefficient (Wildman–Crippen LogP) is 3.69. The fourth-order valence-corrected chi connectivity index (χ4v) is 1.66. The molecule has 0 N–H and O–H groups in total. The molecule has 0 atom stereocenters. The summed E-state index contributed by atoms with van der Waals surface area (Å²) in [5, 5.41) is 1.25. The molecule has 1 aromatic carbocycles. The number of unbranched alkanes of at least 4 members (excludes halogenated alkanes) is 1. The lowest BCUT2D eigenvalue weighted by molar-refractivity contribution is 0.796. The number of fused-ring (bicyclic) bond motifs is 1. The molecule has 0 unspecified atom stereocenters. The lowest BCUT2D eigenvalue weighted by Gasteiger charge is -2.01. The van der Waals surface area contributed by atoms with Gasteiger partial charge in [-0.3, -0.25) is 4.98 Å². The molecule has 72 valence electrons. The van der Waals surface area contributed by atoms with Crippen molar-refractivity contribution in [2.24, 2.45) is 0 Å². The highest BCUT2D eigenvalue weighted by Crippen LogP contribution is 2.14. The van der Waals surface area contributed by atoms with Crippen LogP contribution in [-0.2, 0) is 6.42 Å². The molecule has 0 spiro atoms. The van der Waals surface area contributed by atoms with E-state index in [4.69, 9.17) is 0 Å². The second-order valence-corrected chi connectivity index (χ2v) is 3.63. The first-order chi connectivity index (χ1) is 6.90. The summed E-state index contributed by atoms with van der Waals surface area (Å²) >= 11 is 0. The molecule has 0 saturated carbocycles. The van der Waals surface area contributed by atoms with Crippen LogP contribution in [0, 0.1) is 0 Å². The van der Waals surface area contributed by atoms with Crippen LogP contribution < -0.4 is 0 Å². The SMILES string of the molecule is CCCCc1ccc2ncccc2c1.[H+]. The number of aryl methyl sites for hydroxylation is 1. The van der Waals surface area contributed by atoms with Gasteiger partial charge >= 0.3 is 1.43 Å². The molecule has 14 heavy (non-hydrogen) atoms. The van der Waals surface area contributed by atoms with Gasteiger partial charge in [0.05, 0.1) is 5.52 Å². The Kier molecular flexibility index (Phi) is 2.78. The van der Waals surface area contributed by atoms with Gasteiger partial charge < -0.3 is 0 Å². The van der Waals surface area contributed by atoms with Crippen molar-refractivity contribution in [3.05, 3.63) is 42.1 Å². The lowest BCUT2D eigenvalue weighted by atomic mass is 10.1. The van der Waals surface area contributed by atoms with Crippen molar-refractivity contribution in [2.45, 2.75) is 26.2 Å². The van der Waals surface area contributed by atoms with Gasteiger partial charge in [0, 0.05) is 11.6 Å². The normalized spacial score (nSPS) is 10.6. The van der Waals surface area contributed by atoms with Crippen LogP contribution in [0.25, 0.3) is 10.9 Å². The van der Waals surface area contributed by atoms with Gasteiger partial charge in [-0.15, -0.1) is 0 Å². The minimum absolute atomic E-state index is 0. The van der Waals surface area contributed by atoms with E-state index in [1.165, 1.54) is 30.2 Å². The molecule has 1 nitrogen and oxygen atoms in total. The highest BCUT2D eigenvalue weighted by Gasteiger charge is 1.95.